The summed E-state index contributed by atoms with van der Waals surface area (Å²) in [7, 11) is -0.406. The summed E-state index contributed by atoms with van der Waals surface area (Å²) >= 11 is 0. The van der Waals surface area contributed by atoms with Crippen molar-refractivity contribution < 1.29 is 21.6 Å². The maximum atomic E-state index is 12.5. The molecule has 0 aromatic heterocycles. The molecule has 1 N–H and O–H groups in total. The predicted molar refractivity (Wildman–Crippen MR) is 70.4 cm³/mol. The predicted octanol–water partition coefficient (Wildman–Crippen LogP) is 1.05. The average molecular weight is 317 g/mol. The molecule has 0 spiro atoms. The highest BCUT2D eigenvalue weighted by Crippen LogP contribution is 2.34. The smallest absolute Gasteiger partial charge is 0.320 e. The summed E-state index contributed by atoms with van der Waals surface area (Å²) in [5.41, 5.74) is 0. The Morgan fingerprint density at radius 1 is 1.30 bits per heavy atom. The van der Waals surface area contributed by atoms with Crippen LogP contribution in [0.5, 0.6) is 0 Å². The third-order valence-electron chi connectivity index (χ3n) is 3.54. The van der Waals surface area contributed by atoms with Gasteiger partial charge in [-0.2, -0.15) is 30.2 Å². The summed E-state index contributed by atoms with van der Waals surface area (Å²) in [6.07, 6.45) is -3.89. The van der Waals surface area contributed by atoms with E-state index < -0.39 is 22.3 Å². The van der Waals surface area contributed by atoms with Crippen LogP contribution < -0.4 is 5.32 Å². The molecule has 5 nitrogen and oxygen atoms in total. The monoisotopic (exact) mass is 317 g/mol. The lowest BCUT2D eigenvalue weighted by molar-refractivity contribution is -0.182. The summed E-state index contributed by atoms with van der Waals surface area (Å²) in [5, 5.41) is 2.92. The van der Waals surface area contributed by atoms with Crippen molar-refractivity contribution in [3.8, 4) is 0 Å². The Morgan fingerprint density at radius 3 is 2.30 bits per heavy atom. The highest BCUT2D eigenvalue weighted by atomic mass is 32.2. The number of hydrogen-bond donors (Lipinski definition) is 1. The van der Waals surface area contributed by atoms with Gasteiger partial charge in [0.05, 0.1) is 5.92 Å². The zero-order valence-corrected chi connectivity index (χ0v) is 12.6. The number of alkyl halides is 3. The Morgan fingerprint density at radius 2 is 1.85 bits per heavy atom. The first-order chi connectivity index (χ1) is 9.19. The quantitative estimate of drug-likeness (QED) is 0.745. The van der Waals surface area contributed by atoms with Crippen molar-refractivity contribution in [3.63, 3.8) is 0 Å². The Hall–Kier alpha value is -0.380. The zero-order valence-electron chi connectivity index (χ0n) is 11.8. The van der Waals surface area contributed by atoms with Gasteiger partial charge in [-0.05, 0) is 32.9 Å². The second kappa shape index (κ2) is 7.06. The molecule has 1 saturated heterocycles. The van der Waals surface area contributed by atoms with E-state index >= 15 is 0 Å². The van der Waals surface area contributed by atoms with Gasteiger partial charge in [0, 0.05) is 26.7 Å². The van der Waals surface area contributed by atoms with Gasteiger partial charge >= 0.3 is 6.18 Å². The molecule has 0 radical (unpaired) electrons. The van der Waals surface area contributed by atoms with Crippen LogP contribution in [0.15, 0.2) is 0 Å². The minimum absolute atomic E-state index is 0.0666. The summed E-state index contributed by atoms with van der Waals surface area (Å²) in [6, 6.07) is 0. The second-order valence-electron chi connectivity index (χ2n) is 5.00. The van der Waals surface area contributed by atoms with Crippen LogP contribution in [0.4, 0.5) is 13.2 Å². The molecule has 9 heteroatoms. The molecule has 0 saturated carbocycles. The molecule has 1 heterocycles. The first kappa shape index (κ1) is 17.7. The summed E-state index contributed by atoms with van der Waals surface area (Å²) in [6.45, 7) is 0.907. The zero-order chi connectivity index (χ0) is 15.4. The molecular formula is C11H22F3N3O2S. The lowest BCUT2D eigenvalue weighted by atomic mass is 9.98. The number of halogens is 3. The van der Waals surface area contributed by atoms with Gasteiger partial charge < -0.3 is 5.32 Å². The Labute approximate surface area is 118 Å². The Bertz CT molecular complexity index is 392. The topological polar surface area (TPSA) is 52.7 Å². The molecule has 1 fully saturated rings. The second-order valence-corrected chi connectivity index (χ2v) is 7.04. The van der Waals surface area contributed by atoms with Gasteiger partial charge in [0.2, 0.25) is 0 Å². The van der Waals surface area contributed by atoms with Crippen molar-refractivity contribution in [3.05, 3.63) is 0 Å². The largest absolute Gasteiger partial charge is 0.391 e. The van der Waals surface area contributed by atoms with E-state index in [1.54, 1.807) is 7.05 Å². The van der Waals surface area contributed by atoms with Crippen LogP contribution in [-0.2, 0) is 10.2 Å². The van der Waals surface area contributed by atoms with Gasteiger partial charge in [0.15, 0.2) is 0 Å². The SMILES string of the molecule is CNCCCN(C)S(=O)(=O)N1CCC(C(F)(F)F)CC1. The maximum absolute atomic E-state index is 12.5. The molecule has 0 aromatic rings. The highest BCUT2D eigenvalue weighted by molar-refractivity contribution is 7.86. The molecular weight excluding hydrogens is 295 g/mol. The van der Waals surface area contributed by atoms with Crippen LogP contribution >= 0.6 is 0 Å². The molecule has 0 aromatic carbocycles. The molecule has 120 valence electrons. The van der Waals surface area contributed by atoms with E-state index in [2.05, 4.69) is 5.32 Å². The van der Waals surface area contributed by atoms with Gasteiger partial charge in [-0.25, -0.2) is 0 Å². The van der Waals surface area contributed by atoms with E-state index in [0.717, 1.165) is 4.31 Å². The van der Waals surface area contributed by atoms with E-state index in [1.807, 2.05) is 0 Å². The lowest BCUT2D eigenvalue weighted by Crippen LogP contribution is -2.47. The van der Waals surface area contributed by atoms with Gasteiger partial charge in [0.25, 0.3) is 10.2 Å². The van der Waals surface area contributed by atoms with Crippen molar-refractivity contribution in [2.24, 2.45) is 5.92 Å². The molecule has 0 bridgehead atoms. The van der Waals surface area contributed by atoms with Crippen LogP contribution in [0, 0.1) is 5.92 Å². The number of nitrogens with one attached hydrogen (secondary N) is 1. The molecule has 1 aliphatic rings. The number of hydrogen-bond acceptors (Lipinski definition) is 3. The van der Waals surface area contributed by atoms with Crippen LogP contribution in [-0.4, -0.2) is 63.5 Å². The van der Waals surface area contributed by atoms with Crippen LogP contribution in [0.1, 0.15) is 19.3 Å². The van der Waals surface area contributed by atoms with Crippen molar-refractivity contribution in [2.45, 2.75) is 25.4 Å². The molecule has 0 atom stereocenters. The standard InChI is InChI=1S/C11H22F3N3O2S/c1-15-6-3-7-16(2)20(18,19)17-8-4-10(5-9-17)11(12,13)14/h10,15H,3-9H2,1-2H3. The van der Waals surface area contributed by atoms with E-state index in [0.29, 0.717) is 19.5 Å². The minimum Gasteiger partial charge on any atom is -0.320 e. The molecule has 0 amide bonds. The van der Waals surface area contributed by atoms with Crippen molar-refractivity contribution in [1.82, 2.24) is 13.9 Å². The summed E-state index contributed by atoms with van der Waals surface area (Å²) in [4.78, 5) is 0. The Kier molecular flexibility index (Phi) is 6.24. The first-order valence-electron chi connectivity index (χ1n) is 6.62. The van der Waals surface area contributed by atoms with E-state index in [9.17, 15) is 21.6 Å². The molecule has 1 aliphatic heterocycles. The van der Waals surface area contributed by atoms with Gasteiger partial charge in [-0.15, -0.1) is 0 Å². The van der Waals surface area contributed by atoms with E-state index in [1.165, 1.54) is 11.4 Å². The molecule has 1 rings (SSSR count). The molecule has 20 heavy (non-hydrogen) atoms. The van der Waals surface area contributed by atoms with E-state index in [-0.39, 0.29) is 25.9 Å². The fourth-order valence-electron chi connectivity index (χ4n) is 2.20. The normalized spacial score (nSPS) is 19.7. The van der Waals surface area contributed by atoms with Crippen molar-refractivity contribution in [2.75, 3.05) is 40.3 Å². The fourth-order valence-corrected chi connectivity index (χ4v) is 3.63. The van der Waals surface area contributed by atoms with Crippen LogP contribution in [0.3, 0.4) is 0 Å². The number of rotatable bonds is 6. The number of nitrogens with zero attached hydrogens (tertiary/aromatic N) is 2. The molecule has 0 aliphatic carbocycles. The minimum atomic E-state index is -4.23. The first-order valence-corrected chi connectivity index (χ1v) is 8.02. The van der Waals surface area contributed by atoms with Crippen LogP contribution in [0.25, 0.3) is 0 Å². The summed E-state index contributed by atoms with van der Waals surface area (Å²) in [5.74, 6) is -1.39. The summed E-state index contributed by atoms with van der Waals surface area (Å²) < 4.78 is 64.4. The Balaban J connectivity index is 2.54. The van der Waals surface area contributed by atoms with Crippen molar-refractivity contribution >= 4 is 10.2 Å². The fraction of sp³-hybridized carbons (Fsp3) is 1.00. The van der Waals surface area contributed by atoms with E-state index in [4.69, 9.17) is 0 Å². The third-order valence-corrected chi connectivity index (χ3v) is 5.52. The lowest BCUT2D eigenvalue weighted by Gasteiger charge is -2.34. The number of piperidine rings is 1. The highest BCUT2D eigenvalue weighted by Gasteiger charge is 2.43. The van der Waals surface area contributed by atoms with Crippen molar-refractivity contribution in [1.29, 1.82) is 0 Å². The average Bonchev–Trinajstić information content (AvgIpc) is 2.38. The third kappa shape index (κ3) is 4.57. The van der Waals surface area contributed by atoms with Gasteiger partial charge in [-0.3, -0.25) is 0 Å². The van der Waals surface area contributed by atoms with Crippen LogP contribution in [0.2, 0.25) is 0 Å². The molecule has 0 unspecified atom stereocenters. The van der Waals surface area contributed by atoms with Gasteiger partial charge in [0.1, 0.15) is 0 Å². The van der Waals surface area contributed by atoms with Gasteiger partial charge in [-0.1, -0.05) is 0 Å². The maximum Gasteiger partial charge on any atom is 0.391 e.